The van der Waals surface area contributed by atoms with Crippen molar-refractivity contribution in [2.75, 3.05) is 5.75 Å². The van der Waals surface area contributed by atoms with Crippen LogP contribution < -0.4 is 0 Å². The van der Waals surface area contributed by atoms with Crippen molar-refractivity contribution in [3.8, 4) is 0 Å². The van der Waals surface area contributed by atoms with Gasteiger partial charge in [-0.15, -0.1) is 0 Å². The summed E-state index contributed by atoms with van der Waals surface area (Å²) in [5.41, 5.74) is 0. The molecule has 0 rings (SSSR count). The van der Waals surface area contributed by atoms with Gasteiger partial charge in [0.2, 0.25) is 0 Å². The molecular formula is C9H19OS+. The van der Waals surface area contributed by atoms with Crippen LogP contribution in [0.15, 0.2) is 0 Å². The van der Waals surface area contributed by atoms with Crippen LogP contribution in [0.4, 0.5) is 0 Å². The summed E-state index contributed by atoms with van der Waals surface area (Å²) in [6, 6.07) is 0. The zero-order valence-electron chi connectivity index (χ0n) is 8.18. The molecule has 0 unspecified atom stereocenters. The second-order valence-electron chi connectivity index (χ2n) is 3.41. The van der Waals surface area contributed by atoms with E-state index in [0.717, 1.165) is 5.75 Å². The molecule has 0 aliphatic heterocycles. The molecule has 0 aromatic carbocycles. The normalized spacial score (nSPS) is 11.6. The van der Waals surface area contributed by atoms with E-state index in [1.54, 1.807) is 6.92 Å². The van der Waals surface area contributed by atoms with Crippen molar-refractivity contribution < 1.29 is 4.79 Å². The van der Waals surface area contributed by atoms with Crippen LogP contribution in [-0.4, -0.2) is 22.0 Å². The lowest BCUT2D eigenvalue weighted by molar-refractivity contribution is -0.114. The van der Waals surface area contributed by atoms with Gasteiger partial charge in [-0.3, -0.25) is 4.79 Å². The zero-order valence-corrected chi connectivity index (χ0v) is 8.99. The molecule has 0 bridgehead atoms. The van der Waals surface area contributed by atoms with Gasteiger partial charge in [0.1, 0.15) is 10.5 Å². The fraction of sp³-hybridized carbons (Fsp3) is 0.889. The fourth-order valence-corrected chi connectivity index (χ4v) is 3.34. The Hall–Kier alpha value is 0.0200. The van der Waals surface area contributed by atoms with Gasteiger partial charge in [0.15, 0.2) is 11.5 Å². The third-order valence-corrected chi connectivity index (χ3v) is 4.74. The molecule has 2 heteroatoms. The topological polar surface area (TPSA) is 17.1 Å². The lowest BCUT2D eigenvalue weighted by Gasteiger charge is -2.13. The molecule has 0 aromatic heterocycles. The van der Waals surface area contributed by atoms with Gasteiger partial charge in [0.25, 0.3) is 0 Å². The molecule has 0 aromatic rings. The predicted molar refractivity (Wildman–Crippen MR) is 53.2 cm³/mol. The highest BCUT2D eigenvalue weighted by Gasteiger charge is 2.27. The number of ketones is 1. The van der Waals surface area contributed by atoms with Gasteiger partial charge in [0, 0.05) is 0 Å². The highest BCUT2D eigenvalue weighted by atomic mass is 32.2. The first kappa shape index (κ1) is 11.0. The van der Waals surface area contributed by atoms with E-state index in [2.05, 4.69) is 27.7 Å². The molecule has 0 radical (unpaired) electrons. The summed E-state index contributed by atoms with van der Waals surface area (Å²) in [6.07, 6.45) is 0. The Bertz CT molecular complexity index is 122. The number of Topliss-reactive ketones (excluding diaryl/α,β-unsaturated/α-hetero) is 1. The smallest absolute Gasteiger partial charge is 0.178 e. The molecule has 1 nitrogen and oxygen atoms in total. The second kappa shape index (κ2) is 4.81. The van der Waals surface area contributed by atoms with Gasteiger partial charge < -0.3 is 0 Å². The Morgan fingerprint density at radius 3 is 1.64 bits per heavy atom. The zero-order chi connectivity index (χ0) is 9.02. The van der Waals surface area contributed by atoms with Crippen molar-refractivity contribution in [3.05, 3.63) is 0 Å². The lowest BCUT2D eigenvalue weighted by atomic mass is 10.5. The van der Waals surface area contributed by atoms with Gasteiger partial charge in [-0.1, -0.05) is 0 Å². The highest BCUT2D eigenvalue weighted by Crippen LogP contribution is 2.12. The molecule has 0 spiro atoms. The first-order valence-corrected chi connectivity index (χ1v) is 5.65. The Morgan fingerprint density at radius 2 is 1.55 bits per heavy atom. The Kier molecular flexibility index (Phi) is 4.82. The van der Waals surface area contributed by atoms with Crippen molar-refractivity contribution in [2.24, 2.45) is 0 Å². The first-order valence-electron chi connectivity index (χ1n) is 4.13. The summed E-state index contributed by atoms with van der Waals surface area (Å²) in [5.74, 6) is 1.10. The van der Waals surface area contributed by atoms with Crippen LogP contribution in [-0.2, 0) is 15.7 Å². The average Bonchev–Trinajstić information content (AvgIpc) is 1.81. The molecule has 0 aliphatic rings. The number of carbonyl (C=O) groups excluding carboxylic acids is 1. The lowest BCUT2D eigenvalue weighted by Crippen LogP contribution is -2.30. The molecule has 0 amide bonds. The van der Waals surface area contributed by atoms with E-state index < -0.39 is 0 Å². The van der Waals surface area contributed by atoms with Gasteiger partial charge in [-0.2, -0.15) is 0 Å². The van der Waals surface area contributed by atoms with Crippen molar-refractivity contribution in [1.82, 2.24) is 0 Å². The average molecular weight is 175 g/mol. The second-order valence-corrected chi connectivity index (χ2v) is 6.53. The van der Waals surface area contributed by atoms with E-state index in [-0.39, 0.29) is 0 Å². The number of rotatable bonds is 4. The van der Waals surface area contributed by atoms with E-state index in [1.807, 2.05) is 0 Å². The van der Waals surface area contributed by atoms with Crippen LogP contribution in [0.1, 0.15) is 34.6 Å². The molecule has 66 valence electrons. The van der Waals surface area contributed by atoms with Crippen molar-refractivity contribution in [3.63, 3.8) is 0 Å². The largest absolute Gasteiger partial charge is 0.295 e. The van der Waals surface area contributed by atoms with Gasteiger partial charge >= 0.3 is 0 Å². The van der Waals surface area contributed by atoms with Crippen LogP contribution in [0.25, 0.3) is 0 Å². The third-order valence-electron chi connectivity index (χ3n) is 1.58. The highest BCUT2D eigenvalue weighted by molar-refractivity contribution is 7.98. The molecule has 0 saturated carbocycles. The van der Waals surface area contributed by atoms with Crippen LogP contribution in [0.3, 0.4) is 0 Å². The minimum Gasteiger partial charge on any atom is -0.295 e. The van der Waals surface area contributed by atoms with E-state index in [1.165, 1.54) is 0 Å². The summed E-state index contributed by atoms with van der Waals surface area (Å²) in [6.45, 7) is 10.5. The SMILES string of the molecule is CC(=O)C[S+](C(C)C)C(C)C. The Morgan fingerprint density at radius 1 is 1.18 bits per heavy atom. The van der Waals surface area contributed by atoms with Crippen LogP contribution >= 0.6 is 0 Å². The standard InChI is InChI=1S/C9H19OS/c1-7(2)11(8(3)4)6-9(5)10/h7-8H,6H2,1-5H3/q+1. The minimum absolute atomic E-state index is 0.292. The Labute approximate surface area is 72.9 Å². The summed E-state index contributed by atoms with van der Waals surface area (Å²) in [7, 11) is 0.292. The van der Waals surface area contributed by atoms with Crippen LogP contribution in [0.5, 0.6) is 0 Å². The van der Waals surface area contributed by atoms with Crippen molar-refractivity contribution >= 4 is 16.7 Å². The predicted octanol–water partition coefficient (Wildman–Crippen LogP) is 2.01. The molecule has 0 saturated heterocycles. The molecule has 0 aliphatic carbocycles. The summed E-state index contributed by atoms with van der Waals surface area (Å²) >= 11 is 0. The molecule has 0 atom stereocenters. The monoisotopic (exact) mass is 175 g/mol. The van der Waals surface area contributed by atoms with Crippen molar-refractivity contribution in [1.29, 1.82) is 0 Å². The maximum atomic E-state index is 10.9. The summed E-state index contributed by atoms with van der Waals surface area (Å²) < 4.78 is 0. The van der Waals surface area contributed by atoms with Gasteiger partial charge in [0.05, 0.1) is 0 Å². The number of carbonyl (C=O) groups is 1. The maximum Gasteiger partial charge on any atom is 0.178 e. The van der Waals surface area contributed by atoms with Crippen LogP contribution in [0.2, 0.25) is 0 Å². The van der Waals surface area contributed by atoms with Crippen molar-refractivity contribution in [2.45, 2.75) is 45.1 Å². The maximum absolute atomic E-state index is 10.9. The molecular weight excluding hydrogens is 156 g/mol. The molecule has 0 heterocycles. The minimum atomic E-state index is 0.292. The molecule has 0 N–H and O–H groups in total. The third kappa shape index (κ3) is 4.46. The van der Waals surface area contributed by atoms with Crippen LogP contribution in [0, 0.1) is 0 Å². The quantitative estimate of drug-likeness (QED) is 0.597. The summed E-state index contributed by atoms with van der Waals surface area (Å²) in [5, 5.41) is 1.30. The van der Waals surface area contributed by atoms with E-state index in [9.17, 15) is 4.79 Å². The van der Waals surface area contributed by atoms with E-state index in [0.29, 0.717) is 27.2 Å². The summed E-state index contributed by atoms with van der Waals surface area (Å²) in [4.78, 5) is 10.9. The van der Waals surface area contributed by atoms with Gasteiger partial charge in [-0.05, 0) is 45.5 Å². The number of hydrogen-bond acceptors (Lipinski definition) is 1. The van der Waals surface area contributed by atoms with E-state index >= 15 is 0 Å². The number of hydrogen-bond donors (Lipinski definition) is 0. The molecule has 11 heavy (non-hydrogen) atoms. The van der Waals surface area contributed by atoms with E-state index in [4.69, 9.17) is 0 Å². The fourth-order valence-electron chi connectivity index (χ4n) is 1.11. The molecule has 0 fully saturated rings. The van der Waals surface area contributed by atoms with Gasteiger partial charge in [-0.25, -0.2) is 0 Å². The first-order chi connectivity index (χ1) is 4.95. The Balaban J connectivity index is 4.00.